The van der Waals surface area contributed by atoms with Crippen LogP contribution in [-0.2, 0) is 76.1 Å². The summed E-state index contributed by atoms with van der Waals surface area (Å²) in [6, 6.07) is 2.36. The fourth-order valence-electron chi connectivity index (χ4n) is 5.97. The number of methoxy groups -OCH3 is 4. The van der Waals surface area contributed by atoms with Crippen LogP contribution in [0.5, 0.6) is 0 Å². The molecule has 6 unspecified atom stereocenters. The Morgan fingerprint density at radius 2 is 1.04 bits per heavy atom. The van der Waals surface area contributed by atoms with Crippen molar-refractivity contribution < 1.29 is 76.1 Å². The van der Waals surface area contributed by atoms with Crippen molar-refractivity contribution in [2.24, 2.45) is 27.6 Å². The molecule has 4 heterocycles. The van der Waals surface area contributed by atoms with Gasteiger partial charge in [-0.15, -0.1) is 0 Å². The van der Waals surface area contributed by atoms with E-state index in [0.717, 1.165) is 0 Å². The zero-order valence-corrected chi connectivity index (χ0v) is 31.5. The van der Waals surface area contributed by atoms with Gasteiger partial charge in [-0.2, -0.15) is 0 Å². The Balaban J connectivity index is 0.000000451. The lowest BCUT2D eigenvalue weighted by Gasteiger charge is -2.30. The molecule has 21 nitrogen and oxygen atoms in total. The minimum Gasteiger partial charge on any atom is -0.469 e. The molecule has 0 saturated carbocycles. The number of hydrogen-bond donors (Lipinski definition) is 3. The minimum atomic E-state index is -0.709. The van der Waals surface area contributed by atoms with Crippen LogP contribution in [0, 0.1) is 11.8 Å². The monoisotopic (exact) mass is 763 g/mol. The van der Waals surface area contributed by atoms with Crippen LogP contribution in [0.3, 0.4) is 0 Å². The molecular formula is C32H53N5O16. The van der Waals surface area contributed by atoms with Crippen LogP contribution >= 0.6 is 0 Å². The molecule has 53 heavy (non-hydrogen) atoms. The number of rotatable bonds is 14. The van der Waals surface area contributed by atoms with E-state index >= 15 is 0 Å². The van der Waals surface area contributed by atoms with Gasteiger partial charge in [0.25, 0.3) is 0 Å². The lowest BCUT2D eigenvalue weighted by Crippen LogP contribution is -2.48. The molecule has 4 aliphatic rings. The first-order valence-electron chi connectivity index (χ1n) is 16.4. The fraction of sp³-hybridized carbons (Fsp3) is 0.781. The summed E-state index contributed by atoms with van der Waals surface area (Å²) in [5, 5.41) is 4.74. The molecule has 4 saturated heterocycles. The molecule has 0 spiro atoms. The molecule has 0 aliphatic carbocycles. The van der Waals surface area contributed by atoms with Gasteiger partial charge in [-0.1, -0.05) is 0 Å². The van der Waals surface area contributed by atoms with Gasteiger partial charge in [-0.3, -0.25) is 19.2 Å². The Hall–Kier alpha value is -4.08. The number of esters is 4. The van der Waals surface area contributed by atoms with Crippen molar-refractivity contribution in [2.45, 2.75) is 61.7 Å². The topological polar surface area (TPSA) is 270 Å². The third-order valence-corrected chi connectivity index (χ3v) is 8.21. The number of nitrogens with zero attached hydrogens (tertiary/aromatic N) is 2. The Bertz CT molecular complexity index is 1260. The SMILES string of the molecule is CN.CN=C=NC.CNC(=O)COCC(=O)OC1C2CC(C(=O)OC)[C@H](O2)[C@H]1OC.CNC(=O)COCC(=O)O[C@H]1C(OC)C2CC(C(=O)OC)[C@@H]1O2. The van der Waals surface area contributed by atoms with E-state index in [4.69, 9.17) is 47.4 Å². The first kappa shape index (κ1) is 46.9. The molecule has 4 N–H and O–H groups in total. The first-order valence-corrected chi connectivity index (χ1v) is 16.4. The van der Waals surface area contributed by atoms with Crippen LogP contribution in [0.15, 0.2) is 9.98 Å². The van der Waals surface area contributed by atoms with Crippen molar-refractivity contribution in [1.82, 2.24) is 10.6 Å². The smallest absolute Gasteiger partial charge is 0.332 e. The number of fused-ring (bicyclic) bond motifs is 4. The summed E-state index contributed by atoms with van der Waals surface area (Å²) < 4.78 is 52.0. The molecule has 0 aromatic rings. The fourth-order valence-corrected chi connectivity index (χ4v) is 5.97. The zero-order chi connectivity index (χ0) is 40.1. The molecule has 0 aromatic heterocycles. The highest BCUT2D eigenvalue weighted by Crippen LogP contribution is 2.43. The number of aliphatic imine (C=N–C) groups is 2. The van der Waals surface area contributed by atoms with Crippen LogP contribution in [0.2, 0.25) is 0 Å². The van der Waals surface area contributed by atoms with E-state index < -0.39 is 72.5 Å². The van der Waals surface area contributed by atoms with Crippen LogP contribution in [0.4, 0.5) is 0 Å². The van der Waals surface area contributed by atoms with E-state index in [-0.39, 0.29) is 50.3 Å². The van der Waals surface area contributed by atoms with E-state index in [9.17, 15) is 28.8 Å². The Morgan fingerprint density at radius 1 is 0.642 bits per heavy atom. The standard InChI is InChI=1S/2C14H21NO8.C3H6N2.CH5N/c1-15-9(16)5-21-6-10(17)23-12-8-4-7(14(18)20-3)11(22-8)13(12)19-2;1-15-9(16)5-21-6-10(17)23-13-11-7(14(18)20-3)4-8(22-11)12(13)19-2;1-4-3-5-2;1-2/h2*7-8,11-13H,4-6H2,1-3H3,(H,15,16);1-2H3;2H2,1H3/t2*7?,8?,11-,12?,13+;;/m00../s1. The average molecular weight is 764 g/mol. The van der Waals surface area contributed by atoms with Crippen LogP contribution in [-0.4, -0.2) is 181 Å². The third kappa shape index (κ3) is 13.7. The van der Waals surface area contributed by atoms with Crippen LogP contribution < -0.4 is 16.4 Å². The molecule has 302 valence electrons. The van der Waals surface area contributed by atoms with Gasteiger partial charge in [-0.25, -0.2) is 19.6 Å². The molecule has 4 aliphatic heterocycles. The van der Waals surface area contributed by atoms with Gasteiger partial charge in [0.15, 0.2) is 12.2 Å². The number of hydrogen-bond acceptors (Lipinski definition) is 19. The molecule has 0 aromatic carbocycles. The number of nitrogens with one attached hydrogen (secondary N) is 2. The summed E-state index contributed by atoms with van der Waals surface area (Å²) in [7, 11) is 13.3. The van der Waals surface area contributed by atoms with Crippen molar-refractivity contribution in [1.29, 1.82) is 0 Å². The predicted octanol–water partition coefficient (Wildman–Crippen LogP) is -2.73. The van der Waals surface area contributed by atoms with Gasteiger partial charge < -0.3 is 63.7 Å². The number of likely N-dealkylation sites (N-methyl/N-ethyl adjacent to an activating group) is 2. The quantitative estimate of drug-likeness (QED) is 0.0920. The second-order valence-electron chi connectivity index (χ2n) is 11.2. The average Bonchev–Trinajstić information content (AvgIpc) is 3.95. The first-order chi connectivity index (χ1) is 25.4. The van der Waals surface area contributed by atoms with Crippen molar-refractivity contribution in [2.75, 3.05) is 90.1 Å². The largest absolute Gasteiger partial charge is 0.469 e. The van der Waals surface area contributed by atoms with Gasteiger partial charge >= 0.3 is 23.9 Å². The van der Waals surface area contributed by atoms with E-state index in [2.05, 4.69) is 32.4 Å². The van der Waals surface area contributed by atoms with Gasteiger partial charge in [0, 0.05) is 42.4 Å². The number of nitrogens with two attached hydrogens (primary N) is 1. The molecule has 10 atom stereocenters. The van der Waals surface area contributed by atoms with Gasteiger partial charge in [-0.05, 0) is 19.9 Å². The van der Waals surface area contributed by atoms with E-state index in [1.807, 2.05) is 0 Å². The molecule has 2 amide bonds. The highest BCUT2D eigenvalue weighted by molar-refractivity contribution is 5.78. The van der Waals surface area contributed by atoms with E-state index in [1.54, 1.807) is 14.1 Å². The summed E-state index contributed by atoms with van der Waals surface area (Å²) in [4.78, 5) is 76.0. The predicted molar refractivity (Wildman–Crippen MR) is 181 cm³/mol. The summed E-state index contributed by atoms with van der Waals surface area (Å²) in [6.45, 7) is -1.19. The molecule has 4 bridgehead atoms. The third-order valence-electron chi connectivity index (χ3n) is 8.21. The Kier molecular flexibility index (Phi) is 22.2. The zero-order valence-electron chi connectivity index (χ0n) is 31.5. The van der Waals surface area contributed by atoms with Crippen molar-refractivity contribution in [3.63, 3.8) is 0 Å². The van der Waals surface area contributed by atoms with Crippen molar-refractivity contribution in [3.05, 3.63) is 0 Å². The second-order valence-corrected chi connectivity index (χ2v) is 11.2. The molecule has 4 fully saturated rings. The highest BCUT2D eigenvalue weighted by atomic mass is 16.6. The van der Waals surface area contributed by atoms with Gasteiger partial charge in [0.05, 0.1) is 44.3 Å². The molecule has 4 rings (SSSR count). The van der Waals surface area contributed by atoms with Crippen LogP contribution in [0.25, 0.3) is 0 Å². The number of carbonyl (C=O) groups is 6. The lowest BCUT2D eigenvalue weighted by atomic mass is 9.85. The summed E-state index contributed by atoms with van der Waals surface area (Å²) >= 11 is 0. The maximum atomic E-state index is 11.8. The Morgan fingerprint density at radius 3 is 1.40 bits per heavy atom. The molecular weight excluding hydrogens is 710 g/mol. The van der Waals surface area contributed by atoms with E-state index in [1.165, 1.54) is 49.6 Å². The number of carbonyl (C=O) groups excluding carboxylic acids is 6. The number of amides is 2. The van der Waals surface area contributed by atoms with Gasteiger partial charge in [0.1, 0.15) is 50.8 Å². The van der Waals surface area contributed by atoms with Crippen molar-refractivity contribution >= 4 is 41.7 Å². The number of ether oxygens (including phenoxy) is 10. The Labute approximate surface area is 307 Å². The molecule has 21 heteroatoms. The summed E-state index contributed by atoms with van der Waals surface area (Å²) in [5.41, 5.74) is 4.50. The lowest BCUT2D eigenvalue weighted by molar-refractivity contribution is -0.169. The highest BCUT2D eigenvalue weighted by Gasteiger charge is 2.60. The minimum absolute atomic E-state index is 0.225. The summed E-state index contributed by atoms with van der Waals surface area (Å²) in [5.74, 6) is -3.62. The van der Waals surface area contributed by atoms with Crippen LogP contribution in [0.1, 0.15) is 12.8 Å². The summed E-state index contributed by atoms with van der Waals surface area (Å²) in [6.07, 6.45) is -3.26. The van der Waals surface area contributed by atoms with Crippen molar-refractivity contribution in [3.8, 4) is 0 Å². The maximum Gasteiger partial charge on any atom is 0.332 e. The maximum absolute atomic E-state index is 11.8. The molecule has 0 radical (unpaired) electrons. The normalized spacial score (nSPS) is 28.1. The van der Waals surface area contributed by atoms with Gasteiger partial charge in [0.2, 0.25) is 11.8 Å². The second kappa shape index (κ2) is 25.0. The van der Waals surface area contributed by atoms with E-state index in [0.29, 0.717) is 12.8 Å².